The van der Waals surface area contributed by atoms with E-state index in [1.807, 2.05) is 0 Å². The lowest BCUT2D eigenvalue weighted by molar-refractivity contribution is 0.218. The number of nitrogen functional groups attached to an aromatic ring is 1. The molecule has 1 aromatic carbocycles. The molecule has 0 saturated carbocycles. The van der Waals surface area contributed by atoms with Crippen LogP contribution in [-0.2, 0) is 16.6 Å². The second kappa shape index (κ2) is 5.42. The zero-order valence-electron chi connectivity index (χ0n) is 9.31. The van der Waals surface area contributed by atoms with Gasteiger partial charge >= 0.3 is 5.76 Å². The highest BCUT2D eigenvalue weighted by molar-refractivity contribution is 7.89. The minimum Gasteiger partial charge on any atom is -0.398 e. The monoisotopic (exact) mass is 264 g/mol. The molecule has 0 heterocycles. The average molecular weight is 264 g/mol. The van der Waals surface area contributed by atoms with E-state index in [4.69, 9.17) is 5.73 Å². The van der Waals surface area contributed by atoms with E-state index in [2.05, 4.69) is 0 Å². The SMILES string of the molecule is CCN(Cc1ccccc1N)S(=O)(=O)C(F)F. The van der Waals surface area contributed by atoms with Gasteiger partial charge in [-0.05, 0) is 11.6 Å². The molecule has 0 spiro atoms. The zero-order chi connectivity index (χ0) is 13.1. The fourth-order valence-electron chi connectivity index (χ4n) is 1.36. The smallest absolute Gasteiger partial charge is 0.350 e. The molecule has 0 aliphatic heterocycles. The van der Waals surface area contributed by atoms with Gasteiger partial charge in [-0.3, -0.25) is 0 Å². The number of para-hydroxylation sites is 1. The second-order valence-electron chi connectivity index (χ2n) is 3.43. The minimum atomic E-state index is -4.56. The molecule has 2 N–H and O–H groups in total. The molecule has 0 aliphatic rings. The molecule has 0 amide bonds. The predicted molar refractivity (Wildman–Crippen MR) is 61.9 cm³/mol. The Kier molecular flexibility index (Phi) is 4.41. The molecule has 0 aliphatic carbocycles. The lowest BCUT2D eigenvalue weighted by Crippen LogP contribution is -2.34. The highest BCUT2D eigenvalue weighted by Gasteiger charge is 2.31. The molecule has 4 nitrogen and oxygen atoms in total. The van der Waals surface area contributed by atoms with Crippen LogP contribution in [0.4, 0.5) is 14.5 Å². The van der Waals surface area contributed by atoms with Crippen LogP contribution < -0.4 is 5.73 Å². The quantitative estimate of drug-likeness (QED) is 0.822. The average Bonchev–Trinajstić information content (AvgIpc) is 2.27. The highest BCUT2D eigenvalue weighted by atomic mass is 32.2. The standard InChI is InChI=1S/C10H14F2N2O2S/c1-2-14(17(15,16)10(11)12)7-8-5-3-4-6-9(8)13/h3-6,10H,2,7,13H2,1H3. The van der Waals surface area contributed by atoms with E-state index in [1.165, 1.54) is 6.92 Å². The van der Waals surface area contributed by atoms with Crippen molar-refractivity contribution < 1.29 is 17.2 Å². The number of nitrogens with zero attached hydrogens (tertiary/aromatic N) is 1. The second-order valence-corrected chi connectivity index (χ2v) is 5.33. The van der Waals surface area contributed by atoms with Crippen LogP contribution in [0.2, 0.25) is 0 Å². The first-order valence-electron chi connectivity index (χ1n) is 5.00. The lowest BCUT2D eigenvalue weighted by atomic mass is 10.2. The van der Waals surface area contributed by atoms with Gasteiger partial charge in [0.25, 0.3) is 10.0 Å². The molecular weight excluding hydrogens is 250 g/mol. The molecule has 0 unspecified atom stereocenters. The number of sulfonamides is 1. The van der Waals surface area contributed by atoms with Crippen molar-refractivity contribution in [1.29, 1.82) is 0 Å². The van der Waals surface area contributed by atoms with E-state index >= 15 is 0 Å². The van der Waals surface area contributed by atoms with Crippen molar-refractivity contribution in [2.75, 3.05) is 12.3 Å². The first-order chi connectivity index (χ1) is 7.89. The third-order valence-electron chi connectivity index (χ3n) is 2.34. The van der Waals surface area contributed by atoms with E-state index in [1.54, 1.807) is 24.3 Å². The summed E-state index contributed by atoms with van der Waals surface area (Å²) in [5, 5.41) is 0. The fourth-order valence-corrected chi connectivity index (χ4v) is 2.27. The topological polar surface area (TPSA) is 63.4 Å². The molecular formula is C10H14F2N2O2S. The Balaban J connectivity index is 2.96. The fraction of sp³-hybridized carbons (Fsp3) is 0.400. The van der Waals surface area contributed by atoms with Gasteiger partial charge in [0, 0.05) is 18.8 Å². The molecule has 96 valence electrons. The van der Waals surface area contributed by atoms with E-state index in [9.17, 15) is 17.2 Å². The Hall–Kier alpha value is -1.21. The van der Waals surface area contributed by atoms with Gasteiger partial charge in [-0.25, -0.2) is 8.42 Å². The molecule has 17 heavy (non-hydrogen) atoms. The number of rotatable bonds is 5. The zero-order valence-corrected chi connectivity index (χ0v) is 10.1. The normalized spacial score (nSPS) is 12.3. The van der Waals surface area contributed by atoms with Crippen molar-refractivity contribution in [3.8, 4) is 0 Å². The van der Waals surface area contributed by atoms with E-state index in [0.717, 1.165) is 0 Å². The summed E-state index contributed by atoms with van der Waals surface area (Å²) in [6.45, 7) is 1.33. The van der Waals surface area contributed by atoms with Gasteiger partial charge in [0.15, 0.2) is 0 Å². The van der Waals surface area contributed by atoms with Gasteiger partial charge in [0.2, 0.25) is 0 Å². The Labute approximate surface area is 99.1 Å². The van der Waals surface area contributed by atoms with Crippen molar-refractivity contribution in [2.45, 2.75) is 19.2 Å². The molecule has 1 rings (SSSR count). The van der Waals surface area contributed by atoms with Gasteiger partial charge < -0.3 is 5.73 Å². The summed E-state index contributed by atoms with van der Waals surface area (Å²) >= 11 is 0. The van der Waals surface area contributed by atoms with E-state index < -0.39 is 15.8 Å². The van der Waals surface area contributed by atoms with Gasteiger partial charge in [0.1, 0.15) is 0 Å². The summed E-state index contributed by atoms with van der Waals surface area (Å²) in [4.78, 5) is 0. The van der Waals surface area contributed by atoms with E-state index in [-0.39, 0.29) is 13.1 Å². The number of nitrogens with two attached hydrogens (primary N) is 1. The molecule has 0 radical (unpaired) electrons. The van der Waals surface area contributed by atoms with Crippen molar-refractivity contribution in [1.82, 2.24) is 4.31 Å². The Morgan fingerprint density at radius 3 is 2.41 bits per heavy atom. The van der Waals surface area contributed by atoms with Crippen LogP contribution in [-0.4, -0.2) is 25.0 Å². The molecule has 0 atom stereocenters. The van der Waals surface area contributed by atoms with E-state index in [0.29, 0.717) is 15.6 Å². The summed E-state index contributed by atoms with van der Waals surface area (Å²) in [6.07, 6.45) is 0. The first kappa shape index (κ1) is 13.9. The Morgan fingerprint density at radius 1 is 1.35 bits per heavy atom. The number of halogens is 2. The lowest BCUT2D eigenvalue weighted by Gasteiger charge is -2.20. The highest BCUT2D eigenvalue weighted by Crippen LogP contribution is 2.18. The van der Waals surface area contributed by atoms with Crippen molar-refractivity contribution >= 4 is 15.7 Å². The summed E-state index contributed by atoms with van der Waals surface area (Å²) in [5.41, 5.74) is 6.53. The van der Waals surface area contributed by atoms with Gasteiger partial charge in [0.05, 0.1) is 0 Å². The van der Waals surface area contributed by atoms with Crippen LogP contribution in [0.15, 0.2) is 24.3 Å². The van der Waals surface area contributed by atoms with Gasteiger partial charge in [-0.1, -0.05) is 25.1 Å². The molecule has 0 bridgehead atoms. The Bertz CT molecular complexity index is 477. The third kappa shape index (κ3) is 3.13. The maximum absolute atomic E-state index is 12.4. The number of alkyl halides is 2. The van der Waals surface area contributed by atoms with Crippen LogP contribution in [0.25, 0.3) is 0 Å². The number of benzene rings is 1. The van der Waals surface area contributed by atoms with Crippen LogP contribution >= 0.6 is 0 Å². The molecule has 0 fully saturated rings. The van der Waals surface area contributed by atoms with Crippen LogP contribution in [0.3, 0.4) is 0 Å². The summed E-state index contributed by atoms with van der Waals surface area (Å²) < 4.78 is 48.1. The number of hydrogen-bond donors (Lipinski definition) is 1. The van der Waals surface area contributed by atoms with Crippen LogP contribution in [0, 0.1) is 0 Å². The minimum absolute atomic E-state index is 0.0268. The van der Waals surface area contributed by atoms with Gasteiger partial charge in [-0.15, -0.1) is 0 Å². The van der Waals surface area contributed by atoms with Crippen molar-refractivity contribution in [3.63, 3.8) is 0 Å². The van der Waals surface area contributed by atoms with Crippen LogP contribution in [0.5, 0.6) is 0 Å². The summed E-state index contributed by atoms with van der Waals surface area (Å²) in [6, 6.07) is 6.57. The summed E-state index contributed by atoms with van der Waals surface area (Å²) in [7, 11) is -4.56. The molecule has 0 saturated heterocycles. The summed E-state index contributed by atoms with van der Waals surface area (Å²) in [5.74, 6) is -3.41. The molecule has 0 aromatic heterocycles. The predicted octanol–water partition coefficient (Wildman–Crippen LogP) is 1.64. The third-order valence-corrected chi connectivity index (χ3v) is 3.90. The number of anilines is 1. The molecule has 7 heteroatoms. The first-order valence-corrected chi connectivity index (χ1v) is 6.50. The maximum atomic E-state index is 12.4. The van der Waals surface area contributed by atoms with Crippen LogP contribution in [0.1, 0.15) is 12.5 Å². The largest absolute Gasteiger partial charge is 0.398 e. The Morgan fingerprint density at radius 2 is 1.94 bits per heavy atom. The maximum Gasteiger partial charge on any atom is 0.350 e. The molecule has 1 aromatic rings. The van der Waals surface area contributed by atoms with Crippen molar-refractivity contribution in [3.05, 3.63) is 29.8 Å². The van der Waals surface area contributed by atoms with Gasteiger partial charge in [-0.2, -0.15) is 13.1 Å². The van der Waals surface area contributed by atoms with Crippen molar-refractivity contribution in [2.24, 2.45) is 0 Å². The number of hydrogen-bond acceptors (Lipinski definition) is 3.